The van der Waals surface area contributed by atoms with Crippen molar-refractivity contribution < 1.29 is 4.79 Å². The number of nitrogens with zero attached hydrogens (tertiary/aromatic N) is 1. The number of rotatable bonds is 3. The summed E-state index contributed by atoms with van der Waals surface area (Å²) in [5, 5.41) is 5.07. The molecule has 118 valence electrons. The number of nitrogens with one attached hydrogen (secondary N) is 2. The number of aromatic amines is 1. The molecular weight excluding hydrogens is 298 g/mol. The van der Waals surface area contributed by atoms with Crippen LogP contribution in [0.15, 0.2) is 60.7 Å². The molecule has 0 aliphatic heterocycles. The summed E-state index contributed by atoms with van der Waals surface area (Å²) in [7, 11) is 0. The van der Waals surface area contributed by atoms with E-state index in [9.17, 15) is 4.79 Å². The van der Waals surface area contributed by atoms with Gasteiger partial charge in [0.15, 0.2) is 0 Å². The van der Waals surface area contributed by atoms with Crippen molar-refractivity contribution in [3.63, 3.8) is 0 Å². The minimum absolute atomic E-state index is 0.158. The Morgan fingerprint density at radius 2 is 1.79 bits per heavy atom. The van der Waals surface area contributed by atoms with Gasteiger partial charge in [-0.3, -0.25) is 4.79 Å². The fraction of sp³-hybridized carbons (Fsp3) is 0.100. The standard InChI is InChI=1S/C20H17N3O/c1-13-19-16(15-9-5-6-10-17(15)23-19)11-18(22-13)20(24)21-12-14-7-3-2-4-8-14/h2-11,23H,12H2,1H3,(H,21,24). The molecule has 0 saturated heterocycles. The Bertz CT molecular complexity index is 1030. The highest BCUT2D eigenvalue weighted by Crippen LogP contribution is 2.27. The van der Waals surface area contributed by atoms with Gasteiger partial charge in [0.05, 0.1) is 11.2 Å². The molecule has 0 atom stereocenters. The molecule has 0 aliphatic rings. The second-order valence-electron chi connectivity index (χ2n) is 5.85. The summed E-state index contributed by atoms with van der Waals surface area (Å²) in [6, 6.07) is 19.8. The van der Waals surface area contributed by atoms with Crippen molar-refractivity contribution in [3.05, 3.63) is 77.6 Å². The number of amides is 1. The number of carbonyl (C=O) groups excluding carboxylic acids is 1. The van der Waals surface area contributed by atoms with Crippen molar-refractivity contribution in [1.82, 2.24) is 15.3 Å². The number of aryl methyl sites for hydroxylation is 1. The average Bonchev–Trinajstić information content (AvgIpc) is 3.00. The van der Waals surface area contributed by atoms with Crippen LogP contribution in [0.2, 0.25) is 0 Å². The third kappa shape index (κ3) is 2.52. The van der Waals surface area contributed by atoms with Crippen molar-refractivity contribution in [2.24, 2.45) is 0 Å². The molecule has 4 heteroatoms. The topological polar surface area (TPSA) is 57.8 Å². The first-order chi connectivity index (χ1) is 11.7. The van der Waals surface area contributed by atoms with Crippen molar-refractivity contribution in [2.75, 3.05) is 0 Å². The highest BCUT2D eigenvalue weighted by atomic mass is 16.1. The fourth-order valence-corrected chi connectivity index (χ4v) is 2.99. The van der Waals surface area contributed by atoms with E-state index >= 15 is 0 Å². The molecule has 2 aromatic heterocycles. The van der Waals surface area contributed by atoms with Crippen LogP contribution in [0.25, 0.3) is 21.8 Å². The summed E-state index contributed by atoms with van der Waals surface area (Å²) < 4.78 is 0. The summed E-state index contributed by atoms with van der Waals surface area (Å²) in [5.74, 6) is -0.158. The normalized spacial score (nSPS) is 11.0. The van der Waals surface area contributed by atoms with Gasteiger partial charge in [0.1, 0.15) is 5.69 Å². The number of pyridine rings is 1. The minimum Gasteiger partial charge on any atom is -0.353 e. The van der Waals surface area contributed by atoms with E-state index in [1.807, 2.05) is 61.5 Å². The van der Waals surface area contributed by atoms with Gasteiger partial charge in [0.25, 0.3) is 5.91 Å². The summed E-state index contributed by atoms with van der Waals surface area (Å²) in [4.78, 5) is 20.3. The number of carbonyl (C=O) groups is 1. The highest BCUT2D eigenvalue weighted by molar-refractivity contribution is 6.10. The average molecular weight is 315 g/mol. The molecule has 2 heterocycles. The molecule has 0 radical (unpaired) electrons. The SMILES string of the molecule is Cc1nc(C(=O)NCc2ccccc2)cc2c1[nH]c1ccccc12. The maximum absolute atomic E-state index is 12.5. The van der Waals surface area contributed by atoms with Crippen LogP contribution in [0.5, 0.6) is 0 Å². The Morgan fingerprint density at radius 1 is 1.04 bits per heavy atom. The Hall–Kier alpha value is -3.14. The smallest absolute Gasteiger partial charge is 0.270 e. The van der Waals surface area contributed by atoms with E-state index in [0.717, 1.165) is 33.1 Å². The van der Waals surface area contributed by atoms with Crippen LogP contribution in [0.1, 0.15) is 21.7 Å². The zero-order valence-electron chi connectivity index (χ0n) is 13.3. The fourth-order valence-electron chi connectivity index (χ4n) is 2.99. The Labute approximate surface area is 139 Å². The molecule has 0 aliphatic carbocycles. The highest BCUT2D eigenvalue weighted by Gasteiger charge is 2.13. The number of para-hydroxylation sites is 1. The molecular formula is C20H17N3O. The first-order valence-corrected chi connectivity index (χ1v) is 7.92. The van der Waals surface area contributed by atoms with Gasteiger partial charge in [-0.1, -0.05) is 48.5 Å². The monoisotopic (exact) mass is 315 g/mol. The lowest BCUT2D eigenvalue weighted by atomic mass is 10.1. The largest absolute Gasteiger partial charge is 0.353 e. The molecule has 0 bridgehead atoms. The van der Waals surface area contributed by atoms with E-state index in [-0.39, 0.29) is 5.91 Å². The van der Waals surface area contributed by atoms with E-state index in [4.69, 9.17) is 0 Å². The second kappa shape index (κ2) is 5.81. The van der Waals surface area contributed by atoms with Gasteiger partial charge in [-0.2, -0.15) is 0 Å². The lowest BCUT2D eigenvalue weighted by Crippen LogP contribution is -2.24. The van der Waals surface area contributed by atoms with E-state index in [1.54, 1.807) is 0 Å². The summed E-state index contributed by atoms with van der Waals surface area (Å²) in [6.45, 7) is 2.41. The van der Waals surface area contributed by atoms with Gasteiger partial charge in [-0.05, 0) is 24.6 Å². The van der Waals surface area contributed by atoms with Crippen molar-refractivity contribution >= 4 is 27.7 Å². The van der Waals surface area contributed by atoms with Gasteiger partial charge in [-0.15, -0.1) is 0 Å². The van der Waals surface area contributed by atoms with E-state index in [1.165, 1.54) is 0 Å². The van der Waals surface area contributed by atoms with Gasteiger partial charge >= 0.3 is 0 Å². The molecule has 0 fully saturated rings. The van der Waals surface area contributed by atoms with Crippen molar-refractivity contribution in [1.29, 1.82) is 0 Å². The van der Waals surface area contributed by atoms with Crippen LogP contribution >= 0.6 is 0 Å². The summed E-state index contributed by atoms with van der Waals surface area (Å²) in [6.07, 6.45) is 0. The lowest BCUT2D eigenvalue weighted by Gasteiger charge is -2.06. The number of H-pyrrole nitrogens is 1. The van der Waals surface area contributed by atoms with Crippen molar-refractivity contribution in [3.8, 4) is 0 Å². The quantitative estimate of drug-likeness (QED) is 0.601. The zero-order valence-corrected chi connectivity index (χ0v) is 13.3. The minimum atomic E-state index is -0.158. The molecule has 4 aromatic rings. The van der Waals surface area contributed by atoms with Crippen LogP contribution in [0.3, 0.4) is 0 Å². The molecule has 2 N–H and O–H groups in total. The van der Waals surface area contributed by atoms with Crippen LogP contribution in [-0.2, 0) is 6.54 Å². The Morgan fingerprint density at radius 3 is 2.62 bits per heavy atom. The molecule has 1 amide bonds. The Balaban J connectivity index is 1.68. The second-order valence-corrected chi connectivity index (χ2v) is 5.85. The van der Waals surface area contributed by atoms with Crippen LogP contribution in [-0.4, -0.2) is 15.9 Å². The molecule has 4 rings (SSSR count). The summed E-state index contributed by atoms with van der Waals surface area (Å²) >= 11 is 0. The van der Waals surface area contributed by atoms with Crippen LogP contribution in [0.4, 0.5) is 0 Å². The number of benzene rings is 2. The van der Waals surface area contributed by atoms with E-state index < -0.39 is 0 Å². The third-order valence-electron chi connectivity index (χ3n) is 4.21. The van der Waals surface area contributed by atoms with Crippen molar-refractivity contribution in [2.45, 2.75) is 13.5 Å². The molecule has 0 saturated carbocycles. The predicted molar refractivity (Wildman–Crippen MR) is 95.9 cm³/mol. The van der Waals surface area contributed by atoms with Gasteiger partial charge in [0.2, 0.25) is 0 Å². The third-order valence-corrected chi connectivity index (χ3v) is 4.21. The number of fused-ring (bicyclic) bond motifs is 3. The van der Waals surface area contributed by atoms with E-state index in [0.29, 0.717) is 12.2 Å². The van der Waals surface area contributed by atoms with Gasteiger partial charge < -0.3 is 10.3 Å². The zero-order chi connectivity index (χ0) is 16.5. The lowest BCUT2D eigenvalue weighted by molar-refractivity contribution is 0.0946. The van der Waals surface area contributed by atoms with Gasteiger partial charge in [0, 0.05) is 22.8 Å². The predicted octanol–water partition coefficient (Wildman–Crippen LogP) is 3.95. The first kappa shape index (κ1) is 14.5. The van der Waals surface area contributed by atoms with Crippen LogP contribution in [0, 0.1) is 6.92 Å². The molecule has 2 aromatic carbocycles. The van der Waals surface area contributed by atoms with Crippen LogP contribution < -0.4 is 5.32 Å². The maximum Gasteiger partial charge on any atom is 0.270 e. The maximum atomic E-state index is 12.5. The van der Waals surface area contributed by atoms with Gasteiger partial charge in [-0.25, -0.2) is 4.98 Å². The molecule has 24 heavy (non-hydrogen) atoms. The number of aromatic nitrogens is 2. The summed E-state index contributed by atoms with van der Waals surface area (Å²) in [5.41, 5.74) is 4.38. The Kier molecular flexibility index (Phi) is 3.50. The molecule has 0 spiro atoms. The number of hydrogen-bond donors (Lipinski definition) is 2. The first-order valence-electron chi connectivity index (χ1n) is 7.92. The molecule has 0 unspecified atom stereocenters. The number of hydrogen-bond acceptors (Lipinski definition) is 2. The molecule has 4 nitrogen and oxygen atoms in total. The van der Waals surface area contributed by atoms with E-state index in [2.05, 4.69) is 21.4 Å².